The van der Waals surface area contributed by atoms with Crippen LogP contribution in [0.25, 0.3) is 0 Å². The zero-order valence-electron chi connectivity index (χ0n) is 22.5. The van der Waals surface area contributed by atoms with E-state index < -0.39 is 22.7 Å². The third kappa shape index (κ3) is 2.64. The highest BCUT2D eigenvalue weighted by Gasteiger charge is 2.73. The molecule has 1 N–H and O–H groups in total. The van der Waals surface area contributed by atoms with E-state index in [4.69, 9.17) is 0 Å². The van der Waals surface area contributed by atoms with Gasteiger partial charge < -0.3 is 5.11 Å². The highest BCUT2D eigenvalue weighted by Crippen LogP contribution is 2.76. The molecule has 0 saturated heterocycles. The normalized spacial score (nSPS) is 57.1. The van der Waals surface area contributed by atoms with Gasteiger partial charge in [0.25, 0.3) is 0 Å². The summed E-state index contributed by atoms with van der Waals surface area (Å²) in [5, 5.41) is 10.2. The molecule has 0 aromatic rings. The minimum atomic E-state index is -1.44. The Bertz CT molecular complexity index is 940. The second-order valence-corrected chi connectivity index (χ2v) is 14.5. The minimum absolute atomic E-state index is 0.00162. The summed E-state index contributed by atoms with van der Waals surface area (Å²) >= 11 is 0. The third-order valence-corrected chi connectivity index (χ3v) is 13.8. The van der Waals surface area contributed by atoms with E-state index in [1.807, 2.05) is 0 Å². The average Bonchev–Trinajstić information content (AvgIpc) is 2.76. The molecular formula is C30H46O4. The number of carboxylic acid groups (broad SMARTS) is 1. The molecule has 11 atom stereocenters. The average molecular weight is 471 g/mol. The van der Waals surface area contributed by atoms with E-state index in [1.165, 1.54) is 25.7 Å². The van der Waals surface area contributed by atoms with Crippen molar-refractivity contribution >= 4 is 17.5 Å². The molecule has 0 heterocycles. The van der Waals surface area contributed by atoms with Gasteiger partial charge in [-0.25, -0.2) is 0 Å². The molecule has 2 unspecified atom stereocenters. The van der Waals surface area contributed by atoms with E-state index in [2.05, 4.69) is 41.5 Å². The molecule has 5 aliphatic carbocycles. The van der Waals surface area contributed by atoms with Gasteiger partial charge in [0.05, 0.1) is 6.42 Å². The number of aliphatic carboxylic acids is 1. The molecule has 0 aliphatic heterocycles. The Labute approximate surface area is 206 Å². The number of carbonyl (C=O) groups is 3. The van der Waals surface area contributed by atoms with Gasteiger partial charge in [-0.15, -0.1) is 0 Å². The maximum Gasteiger partial charge on any atom is 0.317 e. The quantitative estimate of drug-likeness (QED) is 0.441. The lowest BCUT2D eigenvalue weighted by atomic mass is 9.31. The number of rotatable bonds is 1. The van der Waals surface area contributed by atoms with Crippen LogP contribution in [0, 0.1) is 62.6 Å². The van der Waals surface area contributed by atoms with Crippen LogP contribution in [0.4, 0.5) is 0 Å². The first kappa shape index (κ1) is 24.5. The maximum absolute atomic E-state index is 13.7. The molecule has 5 rings (SSSR count). The van der Waals surface area contributed by atoms with Crippen molar-refractivity contribution < 1.29 is 19.5 Å². The van der Waals surface area contributed by atoms with Crippen molar-refractivity contribution in [1.29, 1.82) is 0 Å². The van der Waals surface area contributed by atoms with E-state index in [-0.39, 0.29) is 34.7 Å². The smallest absolute Gasteiger partial charge is 0.317 e. The lowest BCUT2D eigenvalue weighted by molar-refractivity contribution is -0.240. The Balaban J connectivity index is 1.59. The summed E-state index contributed by atoms with van der Waals surface area (Å²) in [6.45, 7) is 16.2. The molecule has 0 radical (unpaired) electrons. The van der Waals surface area contributed by atoms with Crippen LogP contribution in [0.15, 0.2) is 0 Å². The maximum atomic E-state index is 13.7. The summed E-state index contributed by atoms with van der Waals surface area (Å²) in [4.78, 5) is 39.1. The summed E-state index contributed by atoms with van der Waals surface area (Å²) in [5.41, 5.74) is -1.59. The van der Waals surface area contributed by atoms with Gasteiger partial charge in [0.2, 0.25) is 0 Å². The van der Waals surface area contributed by atoms with Crippen LogP contribution >= 0.6 is 0 Å². The van der Waals surface area contributed by atoms with E-state index in [1.54, 1.807) is 6.92 Å². The molecule has 0 amide bonds. The molecule has 5 fully saturated rings. The fraction of sp³-hybridized carbons (Fsp3) is 0.900. The number of hydrogen-bond donors (Lipinski definition) is 1. The van der Waals surface area contributed by atoms with Gasteiger partial charge in [-0.3, -0.25) is 14.4 Å². The zero-order valence-corrected chi connectivity index (χ0v) is 22.5. The number of carboxylic acids is 1. The van der Waals surface area contributed by atoms with Crippen molar-refractivity contribution in [3.05, 3.63) is 0 Å². The molecule has 0 aromatic carbocycles. The Morgan fingerprint density at radius 2 is 1.47 bits per heavy atom. The predicted molar refractivity (Wildman–Crippen MR) is 132 cm³/mol. The van der Waals surface area contributed by atoms with Crippen molar-refractivity contribution in [1.82, 2.24) is 0 Å². The fourth-order valence-electron chi connectivity index (χ4n) is 11.2. The molecule has 34 heavy (non-hydrogen) atoms. The van der Waals surface area contributed by atoms with Crippen LogP contribution in [0.5, 0.6) is 0 Å². The number of Topliss-reactive ketones (excluding diaryl/α,β-unsaturated/α-hetero) is 2. The molecular weight excluding hydrogens is 424 g/mol. The van der Waals surface area contributed by atoms with Crippen LogP contribution in [0.1, 0.15) is 106 Å². The van der Waals surface area contributed by atoms with Crippen LogP contribution in [-0.4, -0.2) is 22.6 Å². The van der Waals surface area contributed by atoms with Gasteiger partial charge in [-0.05, 0) is 110 Å². The van der Waals surface area contributed by atoms with Crippen molar-refractivity contribution in [3.8, 4) is 0 Å². The summed E-state index contributed by atoms with van der Waals surface area (Å²) < 4.78 is 0. The number of fused-ring (bicyclic) bond motifs is 7. The first-order chi connectivity index (χ1) is 15.7. The van der Waals surface area contributed by atoms with Gasteiger partial charge in [0.15, 0.2) is 5.78 Å². The predicted octanol–water partition coefficient (Wildman–Crippen LogP) is 6.56. The van der Waals surface area contributed by atoms with Gasteiger partial charge in [0.1, 0.15) is 11.2 Å². The number of ketones is 2. The summed E-state index contributed by atoms with van der Waals surface area (Å²) in [7, 11) is 0. The van der Waals surface area contributed by atoms with Crippen LogP contribution in [0.2, 0.25) is 0 Å². The van der Waals surface area contributed by atoms with Crippen molar-refractivity contribution in [2.75, 3.05) is 0 Å². The van der Waals surface area contributed by atoms with Crippen LogP contribution in [0.3, 0.4) is 0 Å². The second kappa shape index (κ2) is 7.19. The molecule has 0 aromatic heterocycles. The first-order valence-corrected chi connectivity index (χ1v) is 14.0. The van der Waals surface area contributed by atoms with E-state index in [0.717, 1.165) is 37.0 Å². The SMILES string of the molecule is C[C@@H]1[C@H]2[C@H]3CC[C@@H]4[C@@]5(C)C(=O)CC(=O)C(C)(C(=O)O)C5CC[C@@]4(C)[C@]3(C)CC[C@@]2(C)CC[C@H]1C. The zero-order chi connectivity index (χ0) is 25.1. The summed E-state index contributed by atoms with van der Waals surface area (Å²) in [6.07, 6.45) is 8.68. The van der Waals surface area contributed by atoms with E-state index in [0.29, 0.717) is 17.8 Å². The minimum Gasteiger partial charge on any atom is -0.480 e. The molecule has 5 saturated carbocycles. The topological polar surface area (TPSA) is 71.4 Å². The van der Waals surface area contributed by atoms with E-state index >= 15 is 0 Å². The number of carbonyl (C=O) groups excluding carboxylic acids is 2. The molecule has 190 valence electrons. The fourth-order valence-corrected chi connectivity index (χ4v) is 11.2. The molecule has 5 aliphatic rings. The van der Waals surface area contributed by atoms with Crippen LogP contribution in [-0.2, 0) is 14.4 Å². The lowest BCUT2D eigenvalue weighted by Crippen LogP contribution is -2.70. The van der Waals surface area contributed by atoms with Gasteiger partial charge in [-0.1, -0.05) is 41.5 Å². The third-order valence-electron chi connectivity index (χ3n) is 13.8. The molecule has 4 heteroatoms. The largest absolute Gasteiger partial charge is 0.480 e. The first-order valence-electron chi connectivity index (χ1n) is 14.0. The Morgan fingerprint density at radius 3 is 2.12 bits per heavy atom. The van der Waals surface area contributed by atoms with Crippen molar-refractivity contribution in [3.63, 3.8) is 0 Å². The second-order valence-electron chi connectivity index (χ2n) is 14.5. The van der Waals surface area contributed by atoms with Crippen molar-refractivity contribution in [2.45, 2.75) is 106 Å². The summed E-state index contributed by atoms with van der Waals surface area (Å²) in [5.74, 6) is 1.23. The highest BCUT2D eigenvalue weighted by molar-refractivity contribution is 6.15. The summed E-state index contributed by atoms with van der Waals surface area (Å²) in [6, 6.07) is 0. The Hall–Kier alpha value is -1.19. The molecule has 0 bridgehead atoms. The van der Waals surface area contributed by atoms with Crippen LogP contribution < -0.4 is 0 Å². The van der Waals surface area contributed by atoms with Gasteiger partial charge in [-0.2, -0.15) is 0 Å². The monoisotopic (exact) mass is 470 g/mol. The lowest BCUT2D eigenvalue weighted by Gasteiger charge is -2.72. The highest BCUT2D eigenvalue weighted by atomic mass is 16.4. The molecule has 4 nitrogen and oxygen atoms in total. The molecule has 0 spiro atoms. The standard InChI is InChI=1S/C30H46O4/c1-17-10-12-26(3)14-15-27(4)19(24(26)18(17)2)8-9-20-28(27,5)13-11-21-29(20,6)22(31)16-23(32)30(21,7)25(33)34/h17-21,24H,8-16H2,1-7H3,(H,33,34)/t17-,18+,19-,20+,21?,24+,26-,27-,28-,29-,30?/m1/s1. The van der Waals surface area contributed by atoms with E-state index in [9.17, 15) is 19.5 Å². The van der Waals surface area contributed by atoms with Crippen molar-refractivity contribution in [2.24, 2.45) is 62.6 Å². The van der Waals surface area contributed by atoms with Gasteiger partial charge in [0, 0.05) is 5.41 Å². The van der Waals surface area contributed by atoms with Gasteiger partial charge >= 0.3 is 5.97 Å². The number of hydrogen-bond acceptors (Lipinski definition) is 3. The Kier molecular flexibility index (Phi) is 5.18. The Morgan fingerprint density at radius 1 is 0.794 bits per heavy atom.